The number of fused-ring (bicyclic) bond motifs is 1. The molecule has 1 heterocycles. The molecular weight excluding hydrogens is 244 g/mol. The zero-order valence-electron chi connectivity index (χ0n) is 12.5. The van der Waals surface area contributed by atoms with E-state index >= 15 is 0 Å². The third kappa shape index (κ3) is 2.85. The maximum absolute atomic E-state index is 4.60. The molecule has 0 saturated heterocycles. The Bertz CT molecular complexity index is 703. The fraction of sp³-hybridized carbons (Fsp3) is 0.222. The van der Waals surface area contributed by atoms with Gasteiger partial charge in [0, 0.05) is 10.9 Å². The molecule has 20 heavy (non-hydrogen) atoms. The fourth-order valence-corrected chi connectivity index (χ4v) is 2.17. The van der Waals surface area contributed by atoms with Gasteiger partial charge in [-0.3, -0.25) is 0 Å². The molecule has 0 saturated carbocycles. The SMILES string of the molecule is CC.Cc1ccc2nc(C)nc(-c3ccccc3)c2c1. The van der Waals surface area contributed by atoms with E-state index in [1.807, 2.05) is 39.0 Å². The summed E-state index contributed by atoms with van der Waals surface area (Å²) in [6.07, 6.45) is 0. The lowest BCUT2D eigenvalue weighted by Crippen LogP contribution is -1.94. The molecule has 0 bridgehead atoms. The van der Waals surface area contributed by atoms with Crippen LogP contribution in [-0.2, 0) is 0 Å². The molecule has 3 aromatic rings. The molecule has 102 valence electrons. The van der Waals surface area contributed by atoms with Crippen LogP contribution in [0.4, 0.5) is 0 Å². The van der Waals surface area contributed by atoms with Crippen molar-refractivity contribution in [2.75, 3.05) is 0 Å². The highest BCUT2D eigenvalue weighted by Crippen LogP contribution is 2.26. The first kappa shape index (κ1) is 14.2. The standard InChI is InChI=1S/C16H14N2.C2H6/c1-11-8-9-15-14(10-11)16(18-12(2)17-15)13-6-4-3-5-7-13;1-2/h3-10H,1-2H3;1-2H3. The monoisotopic (exact) mass is 264 g/mol. The summed E-state index contributed by atoms with van der Waals surface area (Å²) in [6.45, 7) is 8.03. The van der Waals surface area contributed by atoms with Crippen LogP contribution in [0.15, 0.2) is 48.5 Å². The van der Waals surface area contributed by atoms with Gasteiger partial charge >= 0.3 is 0 Å². The van der Waals surface area contributed by atoms with Crippen LogP contribution < -0.4 is 0 Å². The Morgan fingerprint density at radius 3 is 2.20 bits per heavy atom. The molecule has 1 aromatic heterocycles. The number of hydrogen-bond acceptors (Lipinski definition) is 2. The average molecular weight is 264 g/mol. The van der Waals surface area contributed by atoms with Gasteiger partial charge in [0.15, 0.2) is 0 Å². The van der Waals surface area contributed by atoms with E-state index < -0.39 is 0 Å². The first-order chi connectivity index (χ1) is 9.74. The summed E-state index contributed by atoms with van der Waals surface area (Å²) < 4.78 is 0. The van der Waals surface area contributed by atoms with Gasteiger partial charge < -0.3 is 0 Å². The number of aromatic nitrogens is 2. The third-order valence-electron chi connectivity index (χ3n) is 3.01. The average Bonchev–Trinajstić information content (AvgIpc) is 2.50. The quantitative estimate of drug-likeness (QED) is 0.622. The van der Waals surface area contributed by atoms with E-state index in [0.717, 1.165) is 28.0 Å². The predicted octanol–water partition coefficient (Wildman–Crippen LogP) is 4.94. The van der Waals surface area contributed by atoms with Gasteiger partial charge in [-0.05, 0) is 26.0 Å². The fourth-order valence-electron chi connectivity index (χ4n) is 2.17. The molecule has 0 fully saturated rings. The van der Waals surface area contributed by atoms with E-state index in [1.165, 1.54) is 5.56 Å². The van der Waals surface area contributed by atoms with Crippen LogP contribution >= 0.6 is 0 Å². The van der Waals surface area contributed by atoms with Gasteiger partial charge in [0.2, 0.25) is 0 Å². The van der Waals surface area contributed by atoms with Crippen LogP contribution in [0.5, 0.6) is 0 Å². The van der Waals surface area contributed by atoms with Crippen LogP contribution in [0.2, 0.25) is 0 Å². The molecule has 0 unspecified atom stereocenters. The Labute approximate surface area is 120 Å². The van der Waals surface area contributed by atoms with E-state index in [0.29, 0.717) is 0 Å². The Morgan fingerprint density at radius 2 is 1.50 bits per heavy atom. The van der Waals surface area contributed by atoms with Crippen molar-refractivity contribution in [3.63, 3.8) is 0 Å². The molecule has 0 aliphatic carbocycles. The Hall–Kier alpha value is -2.22. The first-order valence-electron chi connectivity index (χ1n) is 7.04. The number of nitrogens with zero attached hydrogens (tertiary/aromatic N) is 2. The van der Waals surface area contributed by atoms with Gasteiger partial charge in [0.25, 0.3) is 0 Å². The second-order valence-corrected chi connectivity index (χ2v) is 4.51. The van der Waals surface area contributed by atoms with Crippen LogP contribution in [0.25, 0.3) is 22.2 Å². The van der Waals surface area contributed by atoms with Gasteiger partial charge in [-0.2, -0.15) is 0 Å². The summed E-state index contributed by atoms with van der Waals surface area (Å²) in [4.78, 5) is 9.09. The van der Waals surface area contributed by atoms with Gasteiger partial charge in [-0.15, -0.1) is 0 Å². The summed E-state index contributed by atoms with van der Waals surface area (Å²) in [7, 11) is 0. The normalized spacial score (nSPS) is 10.0. The lowest BCUT2D eigenvalue weighted by molar-refractivity contribution is 1.09. The van der Waals surface area contributed by atoms with Crippen molar-refractivity contribution in [2.45, 2.75) is 27.7 Å². The van der Waals surface area contributed by atoms with E-state index in [1.54, 1.807) is 0 Å². The Morgan fingerprint density at radius 1 is 0.800 bits per heavy atom. The topological polar surface area (TPSA) is 25.8 Å². The number of aryl methyl sites for hydroxylation is 2. The molecule has 2 aromatic carbocycles. The molecule has 0 aliphatic heterocycles. The summed E-state index contributed by atoms with van der Waals surface area (Å²) in [5.74, 6) is 0.810. The molecule has 0 spiro atoms. The van der Waals surface area contributed by atoms with Crippen molar-refractivity contribution in [1.82, 2.24) is 9.97 Å². The second-order valence-electron chi connectivity index (χ2n) is 4.51. The lowest BCUT2D eigenvalue weighted by atomic mass is 10.0. The van der Waals surface area contributed by atoms with Crippen molar-refractivity contribution in [3.05, 3.63) is 59.9 Å². The minimum Gasteiger partial charge on any atom is -0.233 e. The lowest BCUT2D eigenvalue weighted by Gasteiger charge is -2.07. The van der Waals surface area contributed by atoms with Gasteiger partial charge in [0.05, 0.1) is 11.2 Å². The molecule has 0 radical (unpaired) electrons. The van der Waals surface area contributed by atoms with Gasteiger partial charge in [-0.25, -0.2) is 9.97 Å². The van der Waals surface area contributed by atoms with Gasteiger partial charge in [0.1, 0.15) is 5.82 Å². The second kappa shape index (κ2) is 6.29. The third-order valence-corrected chi connectivity index (χ3v) is 3.01. The highest BCUT2D eigenvalue weighted by atomic mass is 14.9. The van der Waals surface area contributed by atoms with Crippen molar-refractivity contribution >= 4 is 10.9 Å². The number of hydrogen-bond donors (Lipinski definition) is 0. The molecule has 0 aliphatic rings. The van der Waals surface area contributed by atoms with Crippen molar-refractivity contribution in [2.24, 2.45) is 0 Å². The number of benzene rings is 2. The molecule has 0 amide bonds. The predicted molar refractivity (Wildman–Crippen MR) is 85.8 cm³/mol. The molecule has 0 atom stereocenters. The van der Waals surface area contributed by atoms with Crippen molar-refractivity contribution in [3.8, 4) is 11.3 Å². The smallest absolute Gasteiger partial charge is 0.126 e. The zero-order chi connectivity index (χ0) is 14.5. The highest BCUT2D eigenvalue weighted by molar-refractivity contribution is 5.92. The van der Waals surface area contributed by atoms with Crippen molar-refractivity contribution < 1.29 is 0 Å². The van der Waals surface area contributed by atoms with E-state index in [2.05, 4.69) is 47.2 Å². The molecule has 3 rings (SSSR count). The molecular formula is C18H20N2. The van der Waals surface area contributed by atoms with Crippen molar-refractivity contribution in [1.29, 1.82) is 0 Å². The van der Waals surface area contributed by atoms with Crippen LogP contribution in [0, 0.1) is 13.8 Å². The number of rotatable bonds is 1. The van der Waals surface area contributed by atoms with E-state index in [4.69, 9.17) is 0 Å². The van der Waals surface area contributed by atoms with E-state index in [-0.39, 0.29) is 0 Å². The Balaban J connectivity index is 0.000000704. The van der Waals surface area contributed by atoms with E-state index in [9.17, 15) is 0 Å². The molecule has 2 nitrogen and oxygen atoms in total. The summed E-state index contributed by atoms with van der Waals surface area (Å²) in [5.41, 5.74) is 4.39. The van der Waals surface area contributed by atoms with Crippen LogP contribution in [0.1, 0.15) is 25.2 Å². The summed E-state index contributed by atoms with van der Waals surface area (Å²) >= 11 is 0. The molecule has 0 N–H and O–H groups in total. The van der Waals surface area contributed by atoms with Crippen LogP contribution in [0.3, 0.4) is 0 Å². The largest absolute Gasteiger partial charge is 0.233 e. The highest BCUT2D eigenvalue weighted by Gasteiger charge is 2.07. The Kier molecular flexibility index (Phi) is 4.46. The minimum absolute atomic E-state index is 0.810. The summed E-state index contributed by atoms with van der Waals surface area (Å²) in [6, 6.07) is 16.6. The maximum Gasteiger partial charge on any atom is 0.126 e. The maximum atomic E-state index is 4.60. The minimum atomic E-state index is 0.810. The summed E-state index contributed by atoms with van der Waals surface area (Å²) in [5, 5.41) is 1.12. The zero-order valence-corrected chi connectivity index (χ0v) is 12.5. The first-order valence-corrected chi connectivity index (χ1v) is 7.04. The van der Waals surface area contributed by atoms with Crippen LogP contribution in [-0.4, -0.2) is 9.97 Å². The molecule has 2 heteroatoms. The van der Waals surface area contributed by atoms with Gasteiger partial charge in [-0.1, -0.05) is 55.8 Å².